The number of thioether (sulfide) groups is 1. The minimum Gasteiger partial charge on any atom is -0.481 e. The van der Waals surface area contributed by atoms with Crippen molar-refractivity contribution < 1.29 is 19.5 Å². The lowest BCUT2D eigenvalue weighted by molar-refractivity contribution is -0.137. The molecule has 1 saturated heterocycles. The highest BCUT2D eigenvalue weighted by molar-refractivity contribution is 8.26. The number of aliphatic carboxylic acids is 1. The number of benzene rings is 1. The van der Waals surface area contributed by atoms with Crippen LogP contribution >= 0.6 is 35.3 Å². The first-order valence-electron chi connectivity index (χ1n) is 8.15. The molecule has 1 aromatic heterocycles. The predicted molar refractivity (Wildman–Crippen MR) is 114 cm³/mol. The van der Waals surface area contributed by atoms with Crippen molar-refractivity contribution in [2.75, 3.05) is 11.4 Å². The Bertz CT molecular complexity index is 971. The molecular formula is C18H15N3O4S3. The molecule has 2 amide bonds. The first-order chi connectivity index (χ1) is 13.4. The summed E-state index contributed by atoms with van der Waals surface area (Å²) in [4.78, 5) is 42.9. The number of carbonyl (C=O) groups excluding carboxylic acids is 2. The Hall–Kier alpha value is -2.56. The minimum atomic E-state index is -0.993. The van der Waals surface area contributed by atoms with Crippen LogP contribution in [0.1, 0.15) is 19.0 Å². The fourth-order valence-electron chi connectivity index (χ4n) is 2.48. The number of carboxylic acid groups (broad SMARTS) is 1. The van der Waals surface area contributed by atoms with Gasteiger partial charge in [0.15, 0.2) is 5.13 Å². The second-order valence-electron chi connectivity index (χ2n) is 5.72. The molecule has 28 heavy (non-hydrogen) atoms. The van der Waals surface area contributed by atoms with E-state index in [1.54, 1.807) is 11.5 Å². The van der Waals surface area contributed by atoms with Crippen molar-refractivity contribution in [2.45, 2.75) is 13.3 Å². The zero-order chi connectivity index (χ0) is 20.3. The van der Waals surface area contributed by atoms with Gasteiger partial charge in [0.2, 0.25) is 5.91 Å². The van der Waals surface area contributed by atoms with Crippen molar-refractivity contribution in [2.24, 2.45) is 0 Å². The van der Waals surface area contributed by atoms with E-state index in [0.717, 1.165) is 11.8 Å². The van der Waals surface area contributed by atoms with Crippen LogP contribution in [0.5, 0.6) is 0 Å². The van der Waals surface area contributed by atoms with Gasteiger partial charge in [-0.05, 0) is 18.2 Å². The molecule has 3 rings (SSSR count). The number of para-hydroxylation sites is 1. The van der Waals surface area contributed by atoms with Gasteiger partial charge in [0.25, 0.3) is 5.91 Å². The van der Waals surface area contributed by atoms with Crippen LogP contribution in [0.25, 0.3) is 6.08 Å². The molecule has 1 N–H and O–H groups in total. The van der Waals surface area contributed by atoms with Crippen LogP contribution in [0.4, 0.5) is 10.8 Å². The molecule has 1 aromatic carbocycles. The zero-order valence-corrected chi connectivity index (χ0v) is 17.1. The van der Waals surface area contributed by atoms with E-state index in [1.165, 1.54) is 28.1 Å². The van der Waals surface area contributed by atoms with Gasteiger partial charge in [0, 0.05) is 18.8 Å². The molecule has 0 aliphatic carbocycles. The van der Waals surface area contributed by atoms with E-state index in [1.807, 2.05) is 30.3 Å². The predicted octanol–water partition coefficient (Wildman–Crippen LogP) is 3.50. The molecule has 7 nitrogen and oxygen atoms in total. The molecule has 1 aliphatic rings. The SMILES string of the molecule is CC(=O)N(c1ccccc1)c1nc(/C=C2/SC(=S)N(CCC(=O)O)C2=O)cs1. The van der Waals surface area contributed by atoms with E-state index in [2.05, 4.69) is 4.98 Å². The normalized spacial score (nSPS) is 15.3. The van der Waals surface area contributed by atoms with Gasteiger partial charge in [0.05, 0.1) is 22.7 Å². The van der Waals surface area contributed by atoms with Crippen LogP contribution in [0, 0.1) is 0 Å². The lowest BCUT2D eigenvalue weighted by Gasteiger charge is -2.17. The summed E-state index contributed by atoms with van der Waals surface area (Å²) in [5.74, 6) is -1.50. The number of rotatable bonds is 6. The smallest absolute Gasteiger partial charge is 0.305 e. The van der Waals surface area contributed by atoms with E-state index >= 15 is 0 Å². The molecule has 2 aromatic rings. The lowest BCUT2D eigenvalue weighted by atomic mass is 10.3. The summed E-state index contributed by atoms with van der Waals surface area (Å²) in [5.41, 5.74) is 1.23. The van der Waals surface area contributed by atoms with E-state index in [4.69, 9.17) is 17.3 Å². The number of nitrogens with zero attached hydrogens (tertiary/aromatic N) is 3. The number of hydrogen-bond donors (Lipinski definition) is 1. The van der Waals surface area contributed by atoms with Gasteiger partial charge in [0.1, 0.15) is 4.32 Å². The van der Waals surface area contributed by atoms with Crippen molar-refractivity contribution in [3.63, 3.8) is 0 Å². The largest absolute Gasteiger partial charge is 0.481 e. The molecule has 0 saturated carbocycles. The fourth-order valence-corrected chi connectivity index (χ4v) is 4.62. The van der Waals surface area contributed by atoms with Crippen molar-refractivity contribution >= 4 is 74.3 Å². The highest BCUT2D eigenvalue weighted by atomic mass is 32.2. The van der Waals surface area contributed by atoms with Gasteiger partial charge < -0.3 is 5.11 Å². The Morgan fingerprint density at radius 2 is 2.04 bits per heavy atom. The maximum absolute atomic E-state index is 12.5. The summed E-state index contributed by atoms with van der Waals surface area (Å²) in [7, 11) is 0. The number of carbonyl (C=O) groups is 3. The van der Waals surface area contributed by atoms with E-state index < -0.39 is 5.97 Å². The zero-order valence-electron chi connectivity index (χ0n) is 14.7. The van der Waals surface area contributed by atoms with E-state index in [-0.39, 0.29) is 24.8 Å². The lowest BCUT2D eigenvalue weighted by Crippen LogP contribution is -2.30. The molecule has 0 atom stereocenters. The number of aromatic nitrogens is 1. The topological polar surface area (TPSA) is 90.8 Å². The summed E-state index contributed by atoms with van der Waals surface area (Å²) in [6.45, 7) is 1.49. The molecular weight excluding hydrogens is 418 g/mol. The molecule has 0 radical (unpaired) electrons. The Balaban J connectivity index is 1.82. The van der Waals surface area contributed by atoms with Crippen molar-refractivity contribution in [1.29, 1.82) is 0 Å². The number of thiazole rings is 1. The Kier molecular flexibility index (Phi) is 6.22. The van der Waals surface area contributed by atoms with Gasteiger partial charge in [-0.25, -0.2) is 4.98 Å². The van der Waals surface area contributed by atoms with Crippen molar-refractivity contribution in [3.8, 4) is 0 Å². The van der Waals surface area contributed by atoms with Crippen LogP contribution < -0.4 is 4.90 Å². The van der Waals surface area contributed by atoms with Crippen LogP contribution in [0.2, 0.25) is 0 Å². The van der Waals surface area contributed by atoms with Gasteiger partial charge in [-0.2, -0.15) is 0 Å². The number of carboxylic acids is 1. The van der Waals surface area contributed by atoms with Crippen LogP contribution in [0.3, 0.4) is 0 Å². The minimum absolute atomic E-state index is 0.0335. The summed E-state index contributed by atoms with van der Waals surface area (Å²) >= 11 is 7.57. The van der Waals surface area contributed by atoms with Gasteiger partial charge in [-0.15, -0.1) is 11.3 Å². The number of amides is 2. The van der Waals surface area contributed by atoms with Crippen LogP contribution in [-0.4, -0.2) is 43.6 Å². The molecule has 1 fully saturated rings. The Morgan fingerprint density at radius 1 is 1.32 bits per heavy atom. The first kappa shape index (κ1) is 20.2. The Morgan fingerprint density at radius 3 is 2.68 bits per heavy atom. The second-order valence-corrected chi connectivity index (χ2v) is 8.23. The van der Waals surface area contributed by atoms with E-state index in [0.29, 0.717) is 25.7 Å². The molecule has 2 heterocycles. The average molecular weight is 434 g/mol. The number of hydrogen-bond acceptors (Lipinski definition) is 7. The highest BCUT2D eigenvalue weighted by Crippen LogP contribution is 2.34. The van der Waals surface area contributed by atoms with Gasteiger partial charge in [-0.1, -0.05) is 42.2 Å². The first-order valence-corrected chi connectivity index (χ1v) is 10.3. The second kappa shape index (κ2) is 8.63. The average Bonchev–Trinajstić information content (AvgIpc) is 3.19. The fraction of sp³-hybridized carbons (Fsp3) is 0.167. The summed E-state index contributed by atoms with van der Waals surface area (Å²) in [6.07, 6.45) is 1.43. The van der Waals surface area contributed by atoms with Crippen LogP contribution in [-0.2, 0) is 14.4 Å². The Labute approximate surface area is 174 Å². The highest BCUT2D eigenvalue weighted by Gasteiger charge is 2.32. The third-order valence-corrected chi connectivity index (χ3v) is 5.95. The third-order valence-electron chi connectivity index (χ3n) is 3.73. The molecule has 144 valence electrons. The van der Waals surface area contributed by atoms with E-state index in [9.17, 15) is 14.4 Å². The summed E-state index contributed by atoms with van der Waals surface area (Å²) in [5, 5.41) is 11.0. The maximum Gasteiger partial charge on any atom is 0.305 e. The molecule has 1 aliphatic heterocycles. The maximum atomic E-state index is 12.5. The molecule has 0 spiro atoms. The quantitative estimate of drug-likeness (QED) is 0.551. The standard InChI is InChI=1S/C18H15N3O4S3/c1-11(22)21(13-5-3-2-4-6-13)17-19-12(10-27-17)9-14-16(25)20(18(26)28-14)8-7-15(23)24/h2-6,9-10H,7-8H2,1H3,(H,23,24)/b14-9+. The van der Waals surface area contributed by atoms with Crippen molar-refractivity contribution in [1.82, 2.24) is 9.88 Å². The monoisotopic (exact) mass is 433 g/mol. The molecule has 0 bridgehead atoms. The summed E-state index contributed by atoms with van der Waals surface area (Å²) < 4.78 is 0.322. The van der Waals surface area contributed by atoms with Gasteiger partial charge in [-0.3, -0.25) is 24.2 Å². The summed E-state index contributed by atoms with van der Waals surface area (Å²) in [6, 6.07) is 9.16. The molecule has 10 heteroatoms. The number of anilines is 2. The van der Waals surface area contributed by atoms with Crippen molar-refractivity contribution in [3.05, 3.63) is 46.3 Å². The third kappa shape index (κ3) is 4.46. The van der Waals surface area contributed by atoms with Gasteiger partial charge >= 0.3 is 5.97 Å². The number of thiocarbonyl (C=S) groups is 1. The molecule has 0 unspecified atom stereocenters. The van der Waals surface area contributed by atoms with Crippen LogP contribution in [0.15, 0.2) is 40.6 Å².